The molecular weight excluding hydrogens is 382 g/mol. The monoisotopic (exact) mass is 401 g/mol. The van der Waals surface area contributed by atoms with Gasteiger partial charge in [0.05, 0.1) is 16.8 Å². The molecule has 0 spiro atoms. The third kappa shape index (κ3) is 4.15. The summed E-state index contributed by atoms with van der Waals surface area (Å²) in [6.45, 7) is 0.715. The van der Waals surface area contributed by atoms with Crippen LogP contribution in [0.5, 0.6) is 0 Å². The van der Waals surface area contributed by atoms with Crippen LogP contribution in [0.1, 0.15) is 19.8 Å². The minimum Gasteiger partial charge on any atom is -0.451 e. The highest BCUT2D eigenvalue weighted by molar-refractivity contribution is 6.07. The zero-order valence-electron chi connectivity index (χ0n) is 15.6. The predicted octanol–water partition coefficient (Wildman–Crippen LogP) is 1.42. The third-order valence-corrected chi connectivity index (χ3v) is 4.92. The molecular formula is C19H19N3O7. The normalized spacial score (nSPS) is 21.5. The molecule has 3 rings (SSSR count). The Morgan fingerprint density at radius 2 is 1.79 bits per heavy atom. The van der Waals surface area contributed by atoms with Crippen molar-refractivity contribution in [1.29, 1.82) is 0 Å². The molecule has 29 heavy (non-hydrogen) atoms. The Hall–Kier alpha value is -3.56. The fraction of sp³-hybridized carbons (Fsp3) is 0.368. The van der Waals surface area contributed by atoms with E-state index in [0.29, 0.717) is 12.8 Å². The number of likely N-dealkylation sites (tertiary alicyclic amines) is 1. The summed E-state index contributed by atoms with van der Waals surface area (Å²) in [7, 11) is 0. The first-order chi connectivity index (χ1) is 13.8. The predicted molar refractivity (Wildman–Crippen MR) is 99.4 cm³/mol. The summed E-state index contributed by atoms with van der Waals surface area (Å²) >= 11 is 0. The van der Waals surface area contributed by atoms with Gasteiger partial charge in [0.25, 0.3) is 11.6 Å². The molecule has 1 aliphatic heterocycles. The first-order valence-electron chi connectivity index (χ1n) is 9.03. The number of nitro groups is 1. The van der Waals surface area contributed by atoms with Gasteiger partial charge in [-0.1, -0.05) is 24.3 Å². The Kier molecular flexibility index (Phi) is 5.71. The zero-order chi connectivity index (χ0) is 21.1. The highest BCUT2D eigenvalue weighted by atomic mass is 16.6. The third-order valence-electron chi connectivity index (χ3n) is 4.92. The van der Waals surface area contributed by atoms with Gasteiger partial charge in [0.1, 0.15) is 12.2 Å². The number of fused-ring (bicyclic) bond motifs is 1. The molecule has 2 aliphatic rings. The number of para-hydroxylation sites is 2. The Morgan fingerprint density at radius 3 is 2.38 bits per heavy atom. The lowest BCUT2D eigenvalue weighted by Crippen LogP contribution is -2.39. The second-order valence-corrected chi connectivity index (χ2v) is 6.81. The van der Waals surface area contributed by atoms with Gasteiger partial charge in [0.15, 0.2) is 6.10 Å². The van der Waals surface area contributed by atoms with E-state index in [0.717, 1.165) is 4.90 Å². The number of nitro benzene ring substituents is 1. The molecule has 10 heteroatoms. The van der Waals surface area contributed by atoms with E-state index in [9.17, 15) is 29.3 Å². The van der Waals surface area contributed by atoms with Gasteiger partial charge in [-0.25, -0.2) is 0 Å². The van der Waals surface area contributed by atoms with Crippen molar-refractivity contribution < 1.29 is 28.8 Å². The maximum atomic E-state index is 12.4. The summed E-state index contributed by atoms with van der Waals surface area (Å²) < 4.78 is 5.01. The second kappa shape index (κ2) is 8.21. The van der Waals surface area contributed by atoms with Crippen LogP contribution in [0.25, 0.3) is 0 Å². The molecule has 1 N–H and O–H groups in total. The molecule has 0 unspecified atom stereocenters. The average Bonchev–Trinajstić information content (AvgIpc) is 2.93. The van der Waals surface area contributed by atoms with E-state index in [1.807, 2.05) is 12.2 Å². The van der Waals surface area contributed by atoms with Crippen molar-refractivity contribution in [3.05, 3.63) is 46.5 Å². The van der Waals surface area contributed by atoms with Crippen LogP contribution in [0.2, 0.25) is 0 Å². The lowest BCUT2D eigenvalue weighted by molar-refractivity contribution is -0.383. The Labute approximate surface area is 165 Å². The number of nitrogens with one attached hydrogen (secondary N) is 1. The van der Waals surface area contributed by atoms with Crippen molar-refractivity contribution in [2.75, 3.05) is 11.9 Å². The first kappa shape index (κ1) is 20.2. The summed E-state index contributed by atoms with van der Waals surface area (Å²) in [4.78, 5) is 60.4. The number of carbonyl (C=O) groups excluding carboxylic acids is 4. The molecule has 1 heterocycles. The molecule has 3 amide bonds. The maximum Gasteiger partial charge on any atom is 0.326 e. The molecule has 152 valence electrons. The number of esters is 1. The first-order valence-corrected chi connectivity index (χ1v) is 9.03. The number of imide groups is 1. The molecule has 1 saturated heterocycles. The molecule has 3 atom stereocenters. The van der Waals surface area contributed by atoms with Gasteiger partial charge < -0.3 is 10.1 Å². The molecule has 1 aliphatic carbocycles. The van der Waals surface area contributed by atoms with Crippen molar-refractivity contribution >= 4 is 35.1 Å². The van der Waals surface area contributed by atoms with Gasteiger partial charge in [-0.2, -0.15) is 0 Å². The van der Waals surface area contributed by atoms with Crippen LogP contribution in [0.15, 0.2) is 36.4 Å². The van der Waals surface area contributed by atoms with E-state index in [2.05, 4.69) is 5.32 Å². The standard InChI is InChI=1S/C19H19N3O7/c1-11(17(24)20-14-8-4-5-9-15(14)22(27)28)29-16(23)10-21-18(25)12-6-2-3-7-13(12)19(21)26/h2-5,8-9,11-13H,6-7,10H2,1H3,(H,20,24)/t11-,12-,13+/m1/s1. The smallest absolute Gasteiger partial charge is 0.326 e. The lowest BCUT2D eigenvalue weighted by Gasteiger charge is -2.17. The van der Waals surface area contributed by atoms with E-state index in [1.54, 1.807) is 0 Å². The number of anilines is 1. The molecule has 0 aromatic heterocycles. The minimum absolute atomic E-state index is 0.0353. The molecule has 1 fully saturated rings. The highest BCUT2D eigenvalue weighted by Gasteiger charge is 2.47. The van der Waals surface area contributed by atoms with Gasteiger partial charge in [0, 0.05) is 6.07 Å². The fourth-order valence-corrected chi connectivity index (χ4v) is 3.41. The molecule has 0 bridgehead atoms. The Balaban J connectivity index is 1.58. The van der Waals surface area contributed by atoms with Gasteiger partial charge in [-0.3, -0.25) is 34.2 Å². The van der Waals surface area contributed by atoms with Crippen molar-refractivity contribution in [1.82, 2.24) is 4.90 Å². The van der Waals surface area contributed by atoms with Gasteiger partial charge in [-0.05, 0) is 25.8 Å². The van der Waals surface area contributed by atoms with Crippen LogP contribution in [0.4, 0.5) is 11.4 Å². The number of amides is 3. The molecule has 0 radical (unpaired) electrons. The Morgan fingerprint density at radius 1 is 1.21 bits per heavy atom. The van der Waals surface area contributed by atoms with Crippen molar-refractivity contribution in [2.45, 2.75) is 25.9 Å². The lowest BCUT2D eigenvalue weighted by atomic mass is 9.85. The van der Waals surface area contributed by atoms with Gasteiger partial charge in [0.2, 0.25) is 11.8 Å². The van der Waals surface area contributed by atoms with E-state index in [1.165, 1.54) is 31.2 Å². The number of nitrogens with zero attached hydrogens (tertiary/aromatic N) is 2. The van der Waals surface area contributed by atoms with Crippen LogP contribution >= 0.6 is 0 Å². The quantitative estimate of drug-likeness (QED) is 0.250. The number of allylic oxidation sites excluding steroid dienone is 2. The number of hydrogen-bond donors (Lipinski definition) is 1. The summed E-state index contributed by atoms with van der Waals surface area (Å²) in [5, 5.41) is 13.3. The Bertz CT molecular complexity index is 885. The summed E-state index contributed by atoms with van der Waals surface area (Å²) in [5.74, 6) is -3.44. The van der Waals surface area contributed by atoms with Crippen LogP contribution in [-0.2, 0) is 23.9 Å². The molecule has 10 nitrogen and oxygen atoms in total. The molecule has 1 aromatic rings. The minimum atomic E-state index is -1.28. The maximum absolute atomic E-state index is 12.4. The molecule has 0 saturated carbocycles. The van der Waals surface area contributed by atoms with E-state index in [-0.39, 0.29) is 11.4 Å². The highest BCUT2D eigenvalue weighted by Crippen LogP contribution is 2.34. The number of ether oxygens (including phenoxy) is 1. The number of carbonyl (C=O) groups is 4. The van der Waals surface area contributed by atoms with E-state index < -0.39 is 53.1 Å². The fourth-order valence-electron chi connectivity index (χ4n) is 3.41. The zero-order valence-corrected chi connectivity index (χ0v) is 15.6. The summed E-state index contributed by atoms with van der Waals surface area (Å²) in [6, 6.07) is 5.54. The van der Waals surface area contributed by atoms with Crippen LogP contribution < -0.4 is 5.32 Å². The van der Waals surface area contributed by atoms with Crippen molar-refractivity contribution in [3.63, 3.8) is 0 Å². The average molecular weight is 401 g/mol. The summed E-state index contributed by atoms with van der Waals surface area (Å²) in [6.07, 6.45) is 3.30. The van der Waals surface area contributed by atoms with Gasteiger partial charge >= 0.3 is 5.97 Å². The van der Waals surface area contributed by atoms with Crippen LogP contribution in [0.3, 0.4) is 0 Å². The molecule has 1 aromatic carbocycles. The number of rotatable bonds is 6. The van der Waals surface area contributed by atoms with E-state index >= 15 is 0 Å². The topological polar surface area (TPSA) is 136 Å². The van der Waals surface area contributed by atoms with Crippen LogP contribution in [-0.4, -0.2) is 46.2 Å². The van der Waals surface area contributed by atoms with E-state index in [4.69, 9.17) is 4.74 Å². The number of hydrogen-bond acceptors (Lipinski definition) is 7. The second-order valence-electron chi connectivity index (χ2n) is 6.81. The number of benzene rings is 1. The van der Waals surface area contributed by atoms with Crippen molar-refractivity contribution in [3.8, 4) is 0 Å². The largest absolute Gasteiger partial charge is 0.451 e. The van der Waals surface area contributed by atoms with Crippen LogP contribution in [0, 0.1) is 22.0 Å². The van der Waals surface area contributed by atoms with Gasteiger partial charge in [-0.15, -0.1) is 0 Å². The SMILES string of the molecule is C[C@@H](OC(=O)CN1C(=O)[C@H]2CC=CC[C@H]2C1=O)C(=O)Nc1ccccc1[N+](=O)[O-]. The summed E-state index contributed by atoms with van der Waals surface area (Å²) in [5.41, 5.74) is -0.337. The van der Waals surface area contributed by atoms with Crippen molar-refractivity contribution in [2.24, 2.45) is 11.8 Å².